The summed E-state index contributed by atoms with van der Waals surface area (Å²) in [5.74, 6) is 1.97. The molecule has 1 atom stereocenters. The van der Waals surface area contributed by atoms with E-state index in [1.807, 2.05) is 43.3 Å². The first-order chi connectivity index (χ1) is 14.6. The number of hydrazone groups is 1. The lowest BCUT2D eigenvalue weighted by Crippen LogP contribution is -2.50. The number of hydrogen-bond donors (Lipinski definition) is 1. The van der Waals surface area contributed by atoms with Crippen LogP contribution < -0.4 is 15.9 Å². The van der Waals surface area contributed by atoms with Crippen molar-refractivity contribution in [3.8, 4) is 0 Å². The molecular formula is C23H20N4O2S. The number of amides is 1. The van der Waals surface area contributed by atoms with E-state index in [1.54, 1.807) is 5.01 Å². The van der Waals surface area contributed by atoms with Crippen molar-refractivity contribution < 1.29 is 9.21 Å². The van der Waals surface area contributed by atoms with Crippen LogP contribution in [0.3, 0.4) is 0 Å². The van der Waals surface area contributed by atoms with E-state index in [0.717, 1.165) is 16.3 Å². The summed E-state index contributed by atoms with van der Waals surface area (Å²) < 4.78 is 5.84. The Labute approximate surface area is 178 Å². The Morgan fingerprint density at radius 2 is 1.87 bits per heavy atom. The van der Waals surface area contributed by atoms with Gasteiger partial charge in [0.1, 0.15) is 11.5 Å². The average molecular weight is 417 g/mol. The van der Waals surface area contributed by atoms with Gasteiger partial charge in [0.25, 0.3) is 5.91 Å². The second-order valence-corrected chi connectivity index (χ2v) is 8.26. The number of hydrogen-bond acceptors (Lipinski definition) is 6. The number of benzene rings is 2. The highest BCUT2D eigenvalue weighted by molar-refractivity contribution is 8.13. The predicted molar refractivity (Wildman–Crippen MR) is 117 cm³/mol. The van der Waals surface area contributed by atoms with Crippen molar-refractivity contribution >= 4 is 28.5 Å². The number of nitrogens with one attached hydrogen (secondary N) is 1. The minimum Gasteiger partial charge on any atom is -0.462 e. The molecule has 0 aliphatic carbocycles. The molecule has 0 radical (unpaired) electrons. The van der Waals surface area contributed by atoms with E-state index in [0.29, 0.717) is 22.4 Å². The molecule has 150 valence electrons. The molecule has 3 aromatic rings. The Morgan fingerprint density at radius 1 is 1.07 bits per heavy atom. The van der Waals surface area contributed by atoms with Crippen molar-refractivity contribution in [2.24, 2.45) is 10.1 Å². The highest BCUT2D eigenvalue weighted by atomic mass is 32.2. The SMILES string of the molecule is Cc1ccc(CSC2=NN3C(=c4ccccc4=N[C@H]3c3ccc(C)o3)C(=O)N2)cc1. The monoisotopic (exact) mass is 416 g/mol. The van der Waals surface area contributed by atoms with Gasteiger partial charge in [0, 0.05) is 11.0 Å². The molecular weight excluding hydrogens is 396 g/mol. The summed E-state index contributed by atoms with van der Waals surface area (Å²) in [5.41, 5.74) is 2.88. The number of carbonyl (C=O) groups is 1. The van der Waals surface area contributed by atoms with Crippen LogP contribution in [0.25, 0.3) is 5.70 Å². The van der Waals surface area contributed by atoms with Gasteiger partial charge in [-0.1, -0.05) is 59.8 Å². The third kappa shape index (κ3) is 3.41. The van der Waals surface area contributed by atoms with Crippen molar-refractivity contribution in [2.75, 3.05) is 0 Å². The molecule has 1 N–H and O–H groups in total. The maximum atomic E-state index is 13.1. The third-order valence-electron chi connectivity index (χ3n) is 5.03. The lowest BCUT2D eigenvalue weighted by molar-refractivity contribution is -0.116. The van der Waals surface area contributed by atoms with Crippen LogP contribution in [-0.4, -0.2) is 16.1 Å². The lowest BCUT2D eigenvalue weighted by Gasteiger charge is -2.32. The average Bonchev–Trinajstić information content (AvgIpc) is 3.18. The zero-order valence-electron chi connectivity index (χ0n) is 16.6. The number of thioether (sulfide) groups is 1. The number of rotatable bonds is 3. The van der Waals surface area contributed by atoms with Crippen LogP contribution in [0.1, 0.15) is 28.8 Å². The summed E-state index contributed by atoms with van der Waals surface area (Å²) in [6.45, 7) is 3.95. The van der Waals surface area contributed by atoms with Gasteiger partial charge < -0.3 is 4.42 Å². The van der Waals surface area contributed by atoms with Crippen LogP contribution in [0, 0.1) is 13.8 Å². The van der Waals surface area contributed by atoms with Crippen LogP contribution in [0.15, 0.2) is 75.2 Å². The van der Waals surface area contributed by atoms with E-state index in [-0.39, 0.29) is 5.91 Å². The highest BCUT2D eigenvalue weighted by Gasteiger charge is 2.35. The van der Waals surface area contributed by atoms with Crippen LogP contribution in [0.2, 0.25) is 0 Å². The van der Waals surface area contributed by atoms with Crippen molar-refractivity contribution in [3.63, 3.8) is 0 Å². The Balaban J connectivity index is 1.54. The summed E-state index contributed by atoms with van der Waals surface area (Å²) in [4.78, 5) is 17.9. The van der Waals surface area contributed by atoms with Gasteiger partial charge in [-0.05, 0) is 37.6 Å². The van der Waals surface area contributed by atoms with E-state index < -0.39 is 6.17 Å². The molecule has 0 saturated carbocycles. The van der Waals surface area contributed by atoms with Gasteiger partial charge in [-0.15, -0.1) is 5.10 Å². The van der Waals surface area contributed by atoms with E-state index >= 15 is 0 Å². The molecule has 2 aliphatic heterocycles. The minimum atomic E-state index is -0.523. The standard InChI is InChI=1S/C23H20N4O2S/c1-14-7-10-16(11-8-14)13-30-23-25-22(28)20-17-5-3-4-6-18(17)24-21(27(20)26-23)19-12-9-15(2)29-19/h3-12,21H,13H2,1-2H3,(H,25,26,28)/t21-/m1/s1. The molecule has 0 unspecified atom stereocenters. The Bertz CT molecular complexity index is 1280. The lowest BCUT2D eigenvalue weighted by atomic mass is 10.1. The molecule has 0 fully saturated rings. The summed E-state index contributed by atoms with van der Waals surface area (Å²) in [7, 11) is 0. The number of amidine groups is 1. The maximum absolute atomic E-state index is 13.1. The van der Waals surface area contributed by atoms with Gasteiger partial charge >= 0.3 is 0 Å². The first kappa shape index (κ1) is 18.7. The molecule has 0 bridgehead atoms. The number of furan rings is 1. The molecule has 7 heteroatoms. The fourth-order valence-electron chi connectivity index (χ4n) is 3.51. The number of aryl methyl sites for hydroxylation is 2. The number of para-hydroxylation sites is 1. The molecule has 0 saturated heterocycles. The van der Waals surface area contributed by atoms with Crippen molar-refractivity contribution in [2.45, 2.75) is 25.8 Å². The maximum Gasteiger partial charge on any atom is 0.276 e. The van der Waals surface area contributed by atoms with E-state index in [1.165, 1.54) is 22.9 Å². The summed E-state index contributed by atoms with van der Waals surface area (Å²) in [5, 5.41) is 11.4. The normalized spacial score (nSPS) is 17.6. The molecule has 30 heavy (non-hydrogen) atoms. The molecule has 2 aromatic carbocycles. The summed E-state index contributed by atoms with van der Waals surface area (Å²) in [6, 6.07) is 19.7. The predicted octanol–water partition coefficient (Wildman–Crippen LogP) is 2.97. The smallest absolute Gasteiger partial charge is 0.276 e. The van der Waals surface area contributed by atoms with Crippen molar-refractivity contribution in [3.05, 3.63) is 93.9 Å². The fourth-order valence-corrected chi connectivity index (χ4v) is 4.31. The Hall–Kier alpha value is -3.32. The first-order valence-corrected chi connectivity index (χ1v) is 10.7. The van der Waals surface area contributed by atoms with E-state index in [4.69, 9.17) is 14.5 Å². The highest BCUT2D eigenvalue weighted by Crippen LogP contribution is 2.32. The zero-order chi connectivity index (χ0) is 20.7. The fraction of sp³-hybridized carbons (Fsp3) is 0.174. The number of fused-ring (bicyclic) bond motifs is 2. The van der Waals surface area contributed by atoms with Gasteiger partial charge in [0.05, 0.1) is 5.36 Å². The molecule has 3 heterocycles. The largest absolute Gasteiger partial charge is 0.462 e. The Kier molecular flexibility index (Phi) is 4.67. The topological polar surface area (TPSA) is 70.2 Å². The molecule has 6 nitrogen and oxygen atoms in total. The molecule has 0 spiro atoms. The van der Waals surface area contributed by atoms with Crippen molar-refractivity contribution in [1.82, 2.24) is 10.3 Å². The molecule has 1 amide bonds. The van der Waals surface area contributed by atoms with Gasteiger partial charge in [-0.2, -0.15) is 0 Å². The molecule has 5 rings (SSSR count). The third-order valence-corrected chi connectivity index (χ3v) is 5.96. The second kappa shape index (κ2) is 7.50. The molecule has 1 aromatic heterocycles. The van der Waals surface area contributed by atoms with Crippen LogP contribution in [-0.2, 0) is 10.5 Å². The van der Waals surface area contributed by atoms with Crippen LogP contribution >= 0.6 is 11.8 Å². The molecule has 2 aliphatic rings. The number of carbonyl (C=O) groups excluding carboxylic acids is 1. The minimum absolute atomic E-state index is 0.188. The Morgan fingerprint density at radius 3 is 2.63 bits per heavy atom. The summed E-state index contributed by atoms with van der Waals surface area (Å²) in [6.07, 6.45) is -0.523. The van der Waals surface area contributed by atoms with E-state index in [9.17, 15) is 4.79 Å². The first-order valence-electron chi connectivity index (χ1n) is 9.69. The zero-order valence-corrected chi connectivity index (χ0v) is 17.4. The van der Waals surface area contributed by atoms with Crippen LogP contribution in [0.5, 0.6) is 0 Å². The van der Waals surface area contributed by atoms with E-state index in [2.05, 4.69) is 36.5 Å². The van der Waals surface area contributed by atoms with Crippen LogP contribution in [0.4, 0.5) is 0 Å². The van der Waals surface area contributed by atoms with Gasteiger partial charge in [-0.3, -0.25) is 10.1 Å². The summed E-state index contributed by atoms with van der Waals surface area (Å²) >= 11 is 1.49. The van der Waals surface area contributed by atoms with Gasteiger partial charge in [-0.25, -0.2) is 10.0 Å². The second-order valence-electron chi connectivity index (χ2n) is 7.30. The quantitative estimate of drug-likeness (QED) is 0.713. The van der Waals surface area contributed by atoms with Crippen molar-refractivity contribution in [1.29, 1.82) is 0 Å². The van der Waals surface area contributed by atoms with Gasteiger partial charge in [0.15, 0.2) is 10.9 Å². The number of nitrogens with zero attached hydrogens (tertiary/aromatic N) is 3. The van der Waals surface area contributed by atoms with Gasteiger partial charge in [0.2, 0.25) is 6.17 Å².